The van der Waals surface area contributed by atoms with Gasteiger partial charge in [-0.15, -0.1) is 0 Å². The Morgan fingerprint density at radius 2 is 2.20 bits per heavy atom. The van der Waals surface area contributed by atoms with Gasteiger partial charge in [0.1, 0.15) is 0 Å². The lowest BCUT2D eigenvalue weighted by Crippen LogP contribution is -2.24. The van der Waals surface area contributed by atoms with E-state index < -0.39 is 0 Å². The zero-order valence-electron chi connectivity index (χ0n) is 9.50. The maximum absolute atomic E-state index is 3.49. The Kier molecular flexibility index (Phi) is 3.49. The van der Waals surface area contributed by atoms with Crippen LogP contribution in [0.25, 0.3) is 0 Å². The summed E-state index contributed by atoms with van der Waals surface area (Å²) in [7, 11) is 0. The van der Waals surface area contributed by atoms with Crippen molar-refractivity contribution in [3.8, 4) is 0 Å². The molecule has 1 aliphatic heterocycles. The van der Waals surface area contributed by atoms with Crippen LogP contribution in [0.2, 0.25) is 0 Å². The summed E-state index contributed by atoms with van der Waals surface area (Å²) in [5, 5.41) is 3.49. The molecule has 1 aromatic carbocycles. The minimum atomic E-state index is 1.10. The van der Waals surface area contributed by atoms with Gasteiger partial charge in [-0.05, 0) is 25.0 Å². The molecule has 2 nitrogen and oxygen atoms in total. The number of para-hydroxylation sites is 2. The van der Waals surface area contributed by atoms with Gasteiger partial charge in [0.2, 0.25) is 0 Å². The Morgan fingerprint density at radius 1 is 1.33 bits per heavy atom. The van der Waals surface area contributed by atoms with E-state index in [1.807, 2.05) is 0 Å². The highest BCUT2D eigenvalue weighted by molar-refractivity contribution is 5.70. The van der Waals surface area contributed by atoms with Crippen LogP contribution < -0.4 is 10.2 Å². The Morgan fingerprint density at radius 3 is 3.07 bits per heavy atom. The molecule has 1 aliphatic rings. The van der Waals surface area contributed by atoms with E-state index in [0.717, 1.165) is 6.54 Å². The molecule has 0 unspecified atom stereocenters. The molecule has 1 N–H and O–H groups in total. The number of nitrogens with one attached hydrogen (secondary N) is 1. The molecule has 0 radical (unpaired) electrons. The summed E-state index contributed by atoms with van der Waals surface area (Å²) in [6.07, 6.45) is 3.79. The van der Waals surface area contributed by atoms with Gasteiger partial charge in [0.25, 0.3) is 0 Å². The van der Waals surface area contributed by atoms with Crippen molar-refractivity contribution in [2.75, 3.05) is 29.9 Å². The number of nitrogens with zero attached hydrogens (tertiary/aromatic N) is 1. The topological polar surface area (TPSA) is 15.3 Å². The van der Waals surface area contributed by atoms with E-state index in [-0.39, 0.29) is 0 Å². The quantitative estimate of drug-likeness (QED) is 0.814. The van der Waals surface area contributed by atoms with Crippen LogP contribution in [-0.2, 0) is 0 Å². The smallest absolute Gasteiger partial charge is 0.0602 e. The molecule has 0 aromatic heterocycles. The summed E-state index contributed by atoms with van der Waals surface area (Å²) >= 11 is 0. The van der Waals surface area contributed by atoms with Gasteiger partial charge >= 0.3 is 0 Å². The van der Waals surface area contributed by atoms with Crippen molar-refractivity contribution in [2.24, 2.45) is 0 Å². The molecule has 2 rings (SSSR count). The highest BCUT2D eigenvalue weighted by Gasteiger charge is 2.12. The predicted octanol–water partition coefficient (Wildman–Crippen LogP) is 3.11. The van der Waals surface area contributed by atoms with Crippen LogP contribution in [0, 0.1) is 0 Å². The van der Waals surface area contributed by atoms with Gasteiger partial charge in [-0.1, -0.05) is 25.5 Å². The van der Waals surface area contributed by atoms with E-state index in [0.29, 0.717) is 0 Å². The predicted molar refractivity (Wildman–Crippen MR) is 66.7 cm³/mol. The molecule has 0 spiro atoms. The fourth-order valence-electron chi connectivity index (χ4n) is 2.09. The van der Waals surface area contributed by atoms with Crippen LogP contribution in [-0.4, -0.2) is 19.6 Å². The number of unbranched alkanes of at least 4 members (excludes halogenated alkanes) is 1. The van der Waals surface area contributed by atoms with Gasteiger partial charge in [0, 0.05) is 19.6 Å². The standard InChI is InChI=1S/C13H20N2/c1-2-3-10-15-11-6-9-14-12-7-4-5-8-13(12)15/h4-5,7-8,14H,2-3,6,9-11H2,1H3. The monoisotopic (exact) mass is 204 g/mol. The van der Waals surface area contributed by atoms with Crippen molar-refractivity contribution < 1.29 is 0 Å². The average molecular weight is 204 g/mol. The Hall–Kier alpha value is -1.18. The molecule has 1 heterocycles. The summed E-state index contributed by atoms with van der Waals surface area (Å²) in [4.78, 5) is 2.51. The maximum atomic E-state index is 3.49. The van der Waals surface area contributed by atoms with E-state index in [4.69, 9.17) is 0 Å². The van der Waals surface area contributed by atoms with Crippen molar-refractivity contribution in [2.45, 2.75) is 26.2 Å². The summed E-state index contributed by atoms with van der Waals surface area (Å²) in [6, 6.07) is 8.64. The number of rotatable bonds is 3. The lowest BCUT2D eigenvalue weighted by Gasteiger charge is -2.24. The van der Waals surface area contributed by atoms with Gasteiger partial charge in [0.05, 0.1) is 11.4 Å². The number of hydrogen-bond acceptors (Lipinski definition) is 2. The summed E-state index contributed by atoms with van der Waals surface area (Å²) in [6.45, 7) is 5.72. The zero-order chi connectivity index (χ0) is 10.5. The van der Waals surface area contributed by atoms with E-state index in [2.05, 4.69) is 41.4 Å². The average Bonchev–Trinajstić information content (AvgIpc) is 2.49. The minimum absolute atomic E-state index is 1.10. The first kappa shape index (κ1) is 10.3. The number of hydrogen-bond donors (Lipinski definition) is 1. The number of benzene rings is 1. The first-order valence-electron chi connectivity index (χ1n) is 5.99. The normalized spacial score (nSPS) is 15.4. The molecule has 0 bridgehead atoms. The SMILES string of the molecule is CCCCN1CCCNc2ccccc21. The van der Waals surface area contributed by atoms with Crippen LogP contribution >= 0.6 is 0 Å². The first-order valence-corrected chi connectivity index (χ1v) is 5.99. The molecule has 0 saturated carbocycles. The molecule has 82 valence electrons. The van der Waals surface area contributed by atoms with Crippen molar-refractivity contribution >= 4 is 11.4 Å². The van der Waals surface area contributed by atoms with E-state index in [1.165, 1.54) is 43.7 Å². The zero-order valence-corrected chi connectivity index (χ0v) is 9.50. The van der Waals surface area contributed by atoms with E-state index >= 15 is 0 Å². The third-order valence-electron chi connectivity index (χ3n) is 2.95. The highest BCUT2D eigenvalue weighted by atomic mass is 15.2. The van der Waals surface area contributed by atoms with Crippen LogP contribution in [0.15, 0.2) is 24.3 Å². The third-order valence-corrected chi connectivity index (χ3v) is 2.95. The molecule has 2 heteroatoms. The number of fused-ring (bicyclic) bond motifs is 1. The highest BCUT2D eigenvalue weighted by Crippen LogP contribution is 2.27. The summed E-state index contributed by atoms with van der Waals surface area (Å²) < 4.78 is 0. The van der Waals surface area contributed by atoms with Crippen LogP contribution in [0.4, 0.5) is 11.4 Å². The van der Waals surface area contributed by atoms with Crippen molar-refractivity contribution in [1.82, 2.24) is 0 Å². The first-order chi connectivity index (χ1) is 7.42. The largest absolute Gasteiger partial charge is 0.383 e. The summed E-state index contributed by atoms with van der Waals surface area (Å²) in [5.41, 5.74) is 2.68. The lowest BCUT2D eigenvalue weighted by molar-refractivity contribution is 0.704. The molecular weight excluding hydrogens is 184 g/mol. The van der Waals surface area contributed by atoms with Crippen LogP contribution in [0.3, 0.4) is 0 Å². The second-order valence-electron chi connectivity index (χ2n) is 4.14. The number of anilines is 2. The van der Waals surface area contributed by atoms with E-state index in [1.54, 1.807) is 0 Å². The lowest BCUT2D eigenvalue weighted by atomic mass is 10.2. The Bertz CT molecular complexity index is 309. The fraction of sp³-hybridized carbons (Fsp3) is 0.538. The second kappa shape index (κ2) is 5.06. The van der Waals surface area contributed by atoms with Gasteiger partial charge in [-0.3, -0.25) is 0 Å². The molecule has 0 fully saturated rings. The minimum Gasteiger partial charge on any atom is -0.383 e. The summed E-state index contributed by atoms with van der Waals surface area (Å²) in [5.74, 6) is 0. The molecule has 15 heavy (non-hydrogen) atoms. The molecule has 0 atom stereocenters. The molecule has 0 amide bonds. The van der Waals surface area contributed by atoms with Gasteiger partial charge < -0.3 is 10.2 Å². The third kappa shape index (κ3) is 2.44. The van der Waals surface area contributed by atoms with Crippen LogP contribution in [0.5, 0.6) is 0 Å². The van der Waals surface area contributed by atoms with Crippen LogP contribution in [0.1, 0.15) is 26.2 Å². The van der Waals surface area contributed by atoms with Crippen molar-refractivity contribution in [3.05, 3.63) is 24.3 Å². The molecular formula is C13H20N2. The second-order valence-corrected chi connectivity index (χ2v) is 4.14. The Balaban J connectivity index is 2.17. The molecule has 0 saturated heterocycles. The van der Waals surface area contributed by atoms with Crippen molar-refractivity contribution in [1.29, 1.82) is 0 Å². The molecule has 0 aliphatic carbocycles. The van der Waals surface area contributed by atoms with Gasteiger partial charge in [-0.2, -0.15) is 0 Å². The van der Waals surface area contributed by atoms with Crippen molar-refractivity contribution in [3.63, 3.8) is 0 Å². The van der Waals surface area contributed by atoms with Gasteiger partial charge in [0.15, 0.2) is 0 Å². The van der Waals surface area contributed by atoms with Gasteiger partial charge in [-0.25, -0.2) is 0 Å². The Labute approximate surface area is 92.3 Å². The molecule has 1 aromatic rings. The fourth-order valence-corrected chi connectivity index (χ4v) is 2.09. The van der Waals surface area contributed by atoms with E-state index in [9.17, 15) is 0 Å². The maximum Gasteiger partial charge on any atom is 0.0602 e.